The van der Waals surface area contributed by atoms with Crippen molar-refractivity contribution >= 4 is 55.7 Å². The number of nitrogens with zero attached hydrogens (tertiary/aromatic N) is 1. The van der Waals surface area contributed by atoms with Gasteiger partial charge in [-0.25, -0.2) is 12.8 Å². The Morgan fingerprint density at radius 3 is 2.64 bits per heavy atom. The van der Waals surface area contributed by atoms with Crippen molar-refractivity contribution in [1.82, 2.24) is 15.3 Å². The molecule has 4 rings (SSSR count). The minimum atomic E-state index is -4.31. The summed E-state index contributed by atoms with van der Waals surface area (Å²) in [7, 11) is -4.31. The predicted octanol–water partition coefficient (Wildman–Crippen LogP) is 4.78. The van der Waals surface area contributed by atoms with Crippen LogP contribution in [0.5, 0.6) is 0 Å². The molecular weight excluding hydrogens is 490 g/mol. The van der Waals surface area contributed by atoms with Crippen LogP contribution < -0.4 is 10.0 Å². The SMILES string of the molecule is O=C(NCCc1ccccn1)c1ccc(S(=O)(=O)Nc2ccc(Cl)c3c(Cl)c[nH]c23)c(F)c1. The summed E-state index contributed by atoms with van der Waals surface area (Å²) in [4.78, 5) is 18.7. The number of carbonyl (C=O) groups is 1. The topological polar surface area (TPSA) is 104 Å². The molecule has 3 N–H and O–H groups in total. The molecule has 0 atom stereocenters. The maximum absolute atomic E-state index is 14.7. The second-order valence-electron chi connectivity index (χ2n) is 7.06. The van der Waals surface area contributed by atoms with Crippen LogP contribution >= 0.6 is 23.2 Å². The van der Waals surface area contributed by atoms with Gasteiger partial charge in [-0.2, -0.15) is 0 Å². The lowest BCUT2D eigenvalue weighted by Crippen LogP contribution is -2.26. The molecule has 0 aliphatic rings. The van der Waals surface area contributed by atoms with Crippen LogP contribution in [0.2, 0.25) is 10.0 Å². The highest BCUT2D eigenvalue weighted by Crippen LogP contribution is 2.35. The van der Waals surface area contributed by atoms with E-state index in [-0.39, 0.29) is 11.3 Å². The van der Waals surface area contributed by atoms with E-state index in [2.05, 4.69) is 20.0 Å². The lowest BCUT2D eigenvalue weighted by atomic mass is 10.2. The van der Waals surface area contributed by atoms with Gasteiger partial charge in [0.05, 0.1) is 21.2 Å². The number of hydrogen-bond acceptors (Lipinski definition) is 4. The van der Waals surface area contributed by atoms with Gasteiger partial charge < -0.3 is 10.3 Å². The first-order chi connectivity index (χ1) is 15.8. The first-order valence-corrected chi connectivity index (χ1v) is 12.0. The number of anilines is 1. The van der Waals surface area contributed by atoms with E-state index in [1.54, 1.807) is 12.3 Å². The Labute approximate surface area is 199 Å². The average molecular weight is 507 g/mol. The summed E-state index contributed by atoms with van der Waals surface area (Å²) in [6.07, 6.45) is 3.63. The van der Waals surface area contributed by atoms with Crippen LogP contribution in [-0.2, 0) is 16.4 Å². The highest BCUT2D eigenvalue weighted by atomic mass is 35.5. The molecule has 2 aromatic carbocycles. The maximum atomic E-state index is 14.7. The van der Waals surface area contributed by atoms with Crippen LogP contribution in [0.25, 0.3) is 10.9 Å². The number of pyridine rings is 1. The molecule has 0 radical (unpaired) electrons. The van der Waals surface area contributed by atoms with Gasteiger partial charge in [-0.05, 0) is 42.5 Å². The first-order valence-electron chi connectivity index (χ1n) is 9.72. The predicted molar refractivity (Wildman–Crippen MR) is 126 cm³/mol. The quantitative estimate of drug-likeness (QED) is 0.335. The summed E-state index contributed by atoms with van der Waals surface area (Å²) in [6, 6.07) is 11.6. The van der Waals surface area contributed by atoms with Gasteiger partial charge in [0.15, 0.2) is 0 Å². The van der Waals surface area contributed by atoms with Crippen molar-refractivity contribution in [2.75, 3.05) is 11.3 Å². The third-order valence-electron chi connectivity index (χ3n) is 4.86. The van der Waals surface area contributed by atoms with Crippen LogP contribution in [0, 0.1) is 5.82 Å². The summed E-state index contributed by atoms with van der Waals surface area (Å²) in [5.41, 5.74) is 1.31. The third-order valence-corrected chi connectivity index (χ3v) is 6.87. The smallest absolute Gasteiger partial charge is 0.264 e. The number of fused-ring (bicyclic) bond motifs is 1. The highest BCUT2D eigenvalue weighted by molar-refractivity contribution is 7.92. The molecule has 0 aliphatic heterocycles. The molecule has 11 heteroatoms. The summed E-state index contributed by atoms with van der Waals surface area (Å²) in [5, 5.41) is 3.76. The van der Waals surface area contributed by atoms with E-state index in [9.17, 15) is 17.6 Å². The summed E-state index contributed by atoms with van der Waals surface area (Å²) in [5.74, 6) is -1.59. The summed E-state index contributed by atoms with van der Waals surface area (Å²) >= 11 is 12.2. The lowest BCUT2D eigenvalue weighted by Gasteiger charge is -2.12. The number of aromatic nitrogens is 2. The zero-order chi connectivity index (χ0) is 23.6. The number of amides is 1. The van der Waals surface area contributed by atoms with Gasteiger partial charge in [0.2, 0.25) is 0 Å². The number of halogens is 3. The van der Waals surface area contributed by atoms with Gasteiger partial charge in [0.25, 0.3) is 15.9 Å². The Morgan fingerprint density at radius 1 is 1.09 bits per heavy atom. The van der Waals surface area contributed by atoms with E-state index >= 15 is 0 Å². The second kappa shape index (κ2) is 9.38. The number of aromatic amines is 1. The van der Waals surface area contributed by atoms with E-state index in [4.69, 9.17) is 23.2 Å². The number of rotatable bonds is 7. The van der Waals surface area contributed by atoms with Gasteiger partial charge in [-0.3, -0.25) is 14.5 Å². The zero-order valence-electron chi connectivity index (χ0n) is 16.9. The number of benzene rings is 2. The van der Waals surface area contributed by atoms with Gasteiger partial charge in [-0.15, -0.1) is 0 Å². The summed E-state index contributed by atoms with van der Waals surface area (Å²) in [6.45, 7) is 0.296. The first kappa shape index (κ1) is 23.0. The Bertz CT molecular complexity index is 1440. The van der Waals surface area contributed by atoms with Crippen LogP contribution in [0.15, 0.2) is 65.8 Å². The van der Waals surface area contributed by atoms with E-state index in [1.807, 2.05) is 12.1 Å². The zero-order valence-corrected chi connectivity index (χ0v) is 19.2. The molecule has 0 unspecified atom stereocenters. The molecule has 0 spiro atoms. The Kier molecular flexibility index (Phi) is 6.55. The molecule has 2 heterocycles. The van der Waals surface area contributed by atoms with E-state index in [0.717, 1.165) is 17.8 Å². The van der Waals surface area contributed by atoms with Gasteiger partial charge in [-0.1, -0.05) is 29.3 Å². The summed E-state index contributed by atoms with van der Waals surface area (Å²) < 4.78 is 42.7. The molecule has 0 saturated heterocycles. The largest absolute Gasteiger partial charge is 0.358 e. The fourth-order valence-electron chi connectivity index (χ4n) is 3.27. The minimum Gasteiger partial charge on any atom is -0.358 e. The molecule has 7 nitrogen and oxygen atoms in total. The monoisotopic (exact) mass is 506 g/mol. The van der Waals surface area contributed by atoms with Crippen molar-refractivity contribution < 1.29 is 17.6 Å². The highest BCUT2D eigenvalue weighted by Gasteiger charge is 2.22. The number of hydrogen-bond donors (Lipinski definition) is 3. The molecule has 170 valence electrons. The van der Waals surface area contributed by atoms with Crippen LogP contribution in [0.3, 0.4) is 0 Å². The van der Waals surface area contributed by atoms with Crippen LogP contribution in [-0.4, -0.2) is 30.8 Å². The van der Waals surface area contributed by atoms with E-state index in [1.165, 1.54) is 24.4 Å². The van der Waals surface area contributed by atoms with Crippen LogP contribution in [0.1, 0.15) is 16.1 Å². The molecule has 0 aliphatic carbocycles. The second-order valence-corrected chi connectivity index (χ2v) is 9.52. The lowest BCUT2D eigenvalue weighted by molar-refractivity contribution is 0.0953. The maximum Gasteiger partial charge on any atom is 0.264 e. The Hall–Kier alpha value is -3.14. The van der Waals surface area contributed by atoms with Gasteiger partial charge in [0.1, 0.15) is 10.7 Å². The van der Waals surface area contributed by atoms with Crippen molar-refractivity contribution in [2.45, 2.75) is 11.3 Å². The van der Waals surface area contributed by atoms with E-state index in [0.29, 0.717) is 33.9 Å². The van der Waals surface area contributed by atoms with Crippen molar-refractivity contribution in [3.8, 4) is 0 Å². The number of H-pyrrole nitrogens is 1. The van der Waals surface area contributed by atoms with E-state index < -0.39 is 26.6 Å². The van der Waals surface area contributed by atoms with Gasteiger partial charge in [0, 0.05) is 42.0 Å². The molecule has 0 fully saturated rings. The minimum absolute atomic E-state index is 0.00231. The fraction of sp³-hybridized carbons (Fsp3) is 0.0909. The van der Waals surface area contributed by atoms with Crippen molar-refractivity contribution in [2.24, 2.45) is 0 Å². The molecule has 33 heavy (non-hydrogen) atoms. The third kappa shape index (κ3) is 4.95. The molecular formula is C22H17Cl2FN4O3S. The molecule has 0 bridgehead atoms. The Morgan fingerprint density at radius 2 is 1.91 bits per heavy atom. The van der Waals surface area contributed by atoms with Crippen molar-refractivity contribution in [3.63, 3.8) is 0 Å². The van der Waals surface area contributed by atoms with Crippen molar-refractivity contribution in [1.29, 1.82) is 0 Å². The molecule has 2 aromatic heterocycles. The van der Waals surface area contributed by atoms with Crippen LogP contribution in [0.4, 0.5) is 10.1 Å². The van der Waals surface area contributed by atoms with Crippen molar-refractivity contribution in [3.05, 3.63) is 88.0 Å². The number of nitrogens with one attached hydrogen (secondary N) is 3. The molecule has 1 amide bonds. The fourth-order valence-corrected chi connectivity index (χ4v) is 4.96. The number of carbonyl (C=O) groups excluding carboxylic acids is 1. The number of sulfonamides is 1. The van der Waals surface area contributed by atoms with Gasteiger partial charge >= 0.3 is 0 Å². The molecule has 4 aromatic rings. The standard InChI is InChI=1S/C22H17Cl2FN4O3S/c23-15-5-6-18(21-20(15)16(24)12-28-21)29-33(31,32)19-7-4-13(11-17(19)25)22(30)27-10-8-14-3-1-2-9-26-14/h1-7,9,11-12,28-29H,8,10H2,(H,27,30). The average Bonchev–Trinajstić information content (AvgIpc) is 3.19. The Balaban J connectivity index is 1.50. The normalized spacial score (nSPS) is 11.5. The molecule has 0 saturated carbocycles.